The lowest BCUT2D eigenvalue weighted by Crippen LogP contribution is -2.50. The van der Waals surface area contributed by atoms with Gasteiger partial charge in [-0.15, -0.1) is 0 Å². The van der Waals surface area contributed by atoms with Crippen LogP contribution in [0.2, 0.25) is 5.02 Å². The van der Waals surface area contributed by atoms with Crippen LogP contribution in [-0.4, -0.2) is 57.7 Å². The molecule has 0 bridgehead atoms. The Kier molecular flexibility index (Phi) is 5.61. The van der Waals surface area contributed by atoms with Gasteiger partial charge in [-0.3, -0.25) is 9.78 Å². The third-order valence-corrected chi connectivity index (χ3v) is 7.64. The van der Waals surface area contributed by atoms with E-state index in [-0.39, 0.29) is 17.6 Å². The topological polar surface area (TPSA) is 69.6 Å². The van der Waals surface area contributed by atoms with Crippen molar-refractivity contribution in [3.8, 4) is 11.1 Å². The zero-order valence-corrected chi connectivity index (χ0v) is 18.5. The number of aliphatic hydroxyl groups is 1. The molecule has 0 aromatic carbocycles. The quantitative estimate of drug-likeness (QED) is 0.783. The Morgan fingerprint density at radius 3 is 2.58 bits per heavy atom. The fourth-order valence-corrected chi connectivity index (χ4v) is 5.91. The minimum atomic E-state index is -0.330. The predicted octanol–water partition coefficient (Wildman–Crippen LogP) is 3.92. The van der Waals surface area contributed by atoms with Gasteiger partial charge in [0.15, 0.2) is 0 Å². The fourth-order valence-electron chi connectivity index (χ4n) is 5.62. The van der Waals surface area contributed by atoms with Crippen molar-refractivity contribution in [1.82, 2.24) is 14.9 Å². The predicted molar refractivity (Wildman–Crippen MR) is 121 cm³/mol. The first-order valence-electron chi connectivity index (χ1n) is 11.4. The number of hydrogen-bond donors (Lipinski definition) is 1. The largest absolute Gasteiger partial charge is 0.393 e. The van der Waals surface area contributed by atoms with Crippen LogP contribution >= 0.6 is 11.6 Å². The number of amides is 1. The van der Waals surface area contributed by atoms with Gasteiger partial charge in [0, 0.05) is 49.8 Å². The van der Waals surface area contributed by atoms with Crippen LogP contribution in [0.4, 0.5) is 5.82 Å². The molecule has 0 radical (unpaired) electrons. The third-order valence-electron chi connectivity index (χ3n) is 7.36. The van der Waals surface area contributed by atoms with E-state index in [4.69, 9.17) is 16.6 Å². The number of pyridine rings is 2. The van der Waals surface area contributed by atoms with Gasteiger partial charge in [0.1, 0.15) is 5.82 Å². The van der Waals surface area contributed by atoms with Crippen molar-refractivity contribution in [3.63, 3.8) is 0 Å². The van der Waals surface area contributed by atoms with E-state index in [1.165, 1.54) is 0 Å². The second-order valence-electron chi connectivity index (χ2n) is 9.28. The van der Waals surface area contributed by atoms with E-state index in [0.717, 1.165) is 75.0 Å². The molecule has 3 aliphatic rings. The maximum Gasteiger partial charge on any atom is 0.230 e. The molecule has 1 atom stereocenters. The lowest BCUT2D eigenvalue weighted by atomic mass is 9.78. The molecule has 2 saturated heterocycles. The van der Waals surface area contributed by atoms with Crippen molar-refractivity contribution in [3.05, 3.63) is 41.8 Å². The molecule has 2 aliphatic heterocycles. The molecule has 1 amide bonds. The zero-order chi connectivity index (χ0) is 21.4. The number of carbonyl (C=O) groups is 1. The van der Waals surface area contributed by atoms with E-state index in [9.17, 15) is 9.90 Å². The van der Waals surface area contributed by atoms with Crippen LogP contribution in [0.3, 0.4) is 0 Å². The number of aliphatic hydroxyl groups excluding tert-OH is 1. The van der Waals surface area contributed by atoms with Gasteiger partial charge in [0.2, 0.25) is 5.91 Å². The highest BCUT2D eigenvalue weighted by Crippen LogP contribution is 2.44. The Balaban J connectivity index is 1.33. The standard InChI is InChI=1S/C24H29ClN4O2/c25-21-14-18(17-6-10-26-11-7-17)15-27-22(21)28-12-1-8-24(16-28)9-13-29(23(24)31)19-2-4-20(30)5-3-19/h6-7,10-11,14-15,19-20,30H,1-5,8-9,12-13,16H2/t19-,20+,24-/m0/s1. The number of carbonyl (C=O) groups excluding carboxylic acids is 1. The molecule has 1 saturated carbocycles. The number of halogens is 1. The number of likely N-dealkylation sites (tertiary alicyclic amines) is 1. The Morgan fingerprint density at radius 1 is 1.06 bits per heavy atom. The van der Waals surface area contributed by atoms with Crippen LogP contribution in [-0.2, 0) is 4.79 Å². The van der Waals surface area contributed by atoms with E-state index in [2.05, 4.69) is 14.8 Å². The first kappa shape index (κ1) is 20.7. The normalized spacial score (nSPS) is 29.0. The summed E-state index contributed by atoms with van der Waals surface area (Å²) < 4.78 is 0. The fraction of sp³-hybridized carbons (Fsp3) is 0.542. The molecule has 1 aliphatic carbocycles. The van der Waals surface area contributed by atoms with E-state index in [0.29, 0.717) is 17.5 Å². The average Bonchev–Trinajstić information content (AvgIpc) is 3.10. The second kappa shape index (κ2) is 8.40. The van der Waals surface area contributed by atoms with Crippen LogP contribution in [0.1, 0.15) is 44.9 Å². The molecule has 2 aromatic heterocycles. The van der Waals surface area contributed by atoms with Gasteiger partial charge in [0.25, 0.3) is 0 Å². The highest BCUT2D eigenvalue weighted by atomic mass is 35.5. The molecule has 5 rings (SSSR count). The summed E-state index contributed by atoms with van der Waals surface area (Å²) in [5.41, 5.74) is 1.67. The van der Waals surface area contributed by atoms with Crippen molar-refractivity contribution < 1.29 is 9.90 Å². The molecule has 3 fully saturated rings. The Bertz CT molecular complexity index is 948. The van der Waals surface area contributed by atoms with E-state index < -0.39 is 0 Å². The van der Waals surface area contributed by atoms with Crippen molar-refractivity contribution in [2.75, 3.05) is 24.5 Å². The minimum absolute atomic E-state index is 0.198. The van der Waals surface area contributed by atoms with Gasteiger partial charge in [-0.05, 0) is 68.7 Å². The molecule has 1 spiro atoms. The summed E-state index contributed by atoms with van der Waals surface area (Å²) in [5.74, 6) is 1.06. The smallest absolute Gasteiger partial charge is 0.230 e. The second-order valence-corrected chi connectivity index (χ2v) is 9.69. The molecule has 0 unspecified atom stereocenters. The molecule has 2 aromatic rings. The van der Waals surface area contributed by atoms with Crippen LogP contribution in [0.5, 0.6) is 0 Å². The van der Waals surface area contributed by atoms with Crippen LogP contribution in [0.25, 0.3) is 11.1 Å². The molecule has 31 heavy (non-hydrogen) atoms. The number of piperidine rings is 1. The molecule has 7 heteroatoms. The van der Waals surface area contributed by atoms with Gasteiger partial charge in [-0.2, -0.15) is 0 Å². The van der Waals surface area contributed by atoms with Crippen LogP contribution < -0.4 is 4.90 Å². The van der Waals surface area contributed by atoms with Gasteiger partial charge < -0.3 is 14.9 Å². The van der Waals surface area contributed by atoms with E-state index in [1.54, 1.807) is 12.4 Å². The van der Waals surface area contributed by atoms with Crippen LogP contribution in [0.15, 0.2) is 36.8 Å². The summed E-state index contributed by atoms with van der Waals surface area (Å²) in [5, 5.41) is 10.4. The third kappa shape index (κ3) is 3.92. The van der Waals surface area contributed by atoms with Gasteiger partial charge >= 0.3 is 0 Å². The zero-order valence-electron chi connectivity index (χ0n) is 17.7. The summed E-state index contributed by atoms with van der Waals surface area (Å²) >= 11 is 6.67. The monoisotopic (exact) mass is 440 g/mol. The van der Waals surface area contributed by atoms with Crippen molar-refractivity contribution in [2.24, 2.45) is 5.41 Å². The number of hydrogen-bond acceptors (Lipinski definition) is 5. The molecule has 4 heterocycles. The first-order valence-corrected chi connectivity index (χ1v) is 11.7. The molecular weight excluding hydrogens is 412 g/mol. The maximum atomic E-state index is 13.5. The Hall–Kier alpha value is -2.18. The lowest BCUT2D eigenvalue weighted by molar-refractivity contribution is -0.139. The van der Waals surface area contributed by atoms with Crippen molar-refractivity contribution >= 4 is 23.3 Å². The summed E-state index contributed by atoms with van der Waals surface area (Å²) in [6, 6.07) is 6.13. The van der Waals surface area contributed by atoms with Gasteiger partial charge in [-0.1, -0.05) is 11.6 Å². The van der Waals surface area contributed by atoms with Gasteiger partial charge in [0.05, 0.1) is 16.5 Å². The summed E-state index contributed by atoms with van der Waals surface area (Å²) in [6.07, 6.45) is 11.4. The average molecular weight is 441 g/mol. The summed E-state index contributed by atoms with van der Waals surface area (Å²) in [4.78, 5) is 26.6. The molecular formula is C24H29ClN4O2. The van der Waals surface area contributed by atoms with Crippen molar-refractivity contribution in [1.29, 1.82) is 0 Å². The molecule has 1 N–H and O–H groups in total. The van der Waals surface area contributed by atoms with E-state index >= 15 is 0 Å². The van der Waals surface area contributed by atoms with Crippen molar-refractivity contribution in [2.45, 2.75) is 57.1 Å². The van der Waals surface area contributed by atoms with Gasteiger partial charge in [-0.25, -0.2) is 4.98 Å². The number of nitrogens with zero attached hydrogens (tertiary/aromatic N) is 4. The highest BCUT2D eigenvalue weighted by Gasteiger charge is 2.51. The highest BCUT2D eigenvalue weighted by molar-refractivity contribution is 6.33. The number of aromatic nitrogens is 2. The Labute approximate surface area is 188 Å². The number of rotatable bonds is 3. The Morgan fingerprint density at radius 2 is 1.84 bits per heavy atom. The van der Waals surface area contributed by atoms with Crippen LogP contribution in [0, 0.1) is 5.41 Å². The molecule has 6 nitrogen and oxygen atoms in total. The lowest BCUT2D eigenvalue weighted by Gasteiger charge is -2.41. The number of anilines is 1. The maximum absolute atomic E-state index is 13.5. The SMILES string of the molecule is O=C1N([C@H]2CC[C@@H](O)CC2)CC[C@]12CCCN(c1ncc(-c3ccncc3)cc1Cl)C2. The van der Waals surface area contributed by atoms with E-state index in [1.807, 2.05) is 24.4 Å². The summed E-state index contributed by atoms with van der Waals surface area (Å²) in [7, 11) is 0. The summed E-state index contributed by atoms with van der Waals surface area (Å²) in [6.45, 7) is 2.38. The first-order chi connectivity index (χ1) is 15.1. The minimum Gasteiger partial charge on any atom is -0.393 e. The molecule has 164 valence electrons.